The van der Waals surface area contributed by atoms with Crippen molar-refractivity contribution in [3.05, 3.63) is 0 Å². The van der Waals surface area contributed by atoms with Gasteiger partial charge in [0.1, 0.15) is 0 Å². The fourth-order valence-electron chi connectivity index (χ4n) is 1.40. The van der Waals surface area contributed by atoms with Gasteiger partial charge in [-0.1, -0.05) is 0 Å². The predicted molar refractivity (Wildman–Crippen MR) is 57.3 cm³/mol. The lowest BCUT2D eigenvalue weighted by Gasteiger charge is -2.22. The smallest absolute Gasteiger partial charge is 0.317 e. The second-order valence-corrected chi connectivity index (χ2v) is 3.79. The summed E-state index contributed by atoms with van der Waals surface area (Å²) in [5.74, 6) is -0.907. The zero-order valence-electron chi connectivity index (χ0n) is 9.44. The van der Waals surface area contributed by atoms with Crippen LogP contribution in [0.25, 0.3) is 0 Å². The molecule has 0 aromatic heterocycles. The fourth-order valence-corrected chi connectivity index (χ4v) is 1.40. The number of aliphatic carboxylic acids is 1. The van der Waals surface area contributed by atoms with Crippen LogP contribution >= 0.6 is 0 Å². The standard InChI is InChI=1S/C10H18N2O4/c1-16-7-6-12(8-2-3-8)10(15)11-5-4-9(13)14/h8H,2-7H2,1H3,(H,11,15)(H,13,14). The van der Waals surface area contributed by atoms with Gasteiger partial charge in [-0.15, -0.1) is 0 Å². The van der Waals surface area contributed by atoms with E-state index < -0.39 is 5.97 Å². The molecule has 6 nitrogen and oxygen atoms in total. The Morgan fingerprint density at radius 2 is 2.19 bits per heavy atom. The number of amides is 2. The normalized spacial score (nSPS) is 14.6. The Labute approximate surface area is 94.6 Å². The van der Waals surface area contributed by atoms with Crippen LogP contribution in [0.2, 0.25) is 0 Å². The summed E-state index contributed by atoms with van der Waals surface area (Å²) >= 11 is 0. The number of nitrogens with zero attached hydrogens (tertiary/aromatic N) is 1. The summed E-state index contributed by atoms with van der Waals surface area (Å²) < 4.78 is 4.93. The zero-order chi connectivity index (χ0) is 12.0. The molecule has 0 heterocycles. The number of methoxy groups -OCH3 is 1. The van der Waals surface area contributed by atoms with Crippen molar-refractivity contribution in [2.75, 3.05) is 26.8 Å². The molecule has 0 aromatic carbocycles. The lowest BCUT2D eigenvalue weighted by molar-refractivity contribution is -0.136. The molecule has 0 atom stereocenters. The van der Waals surface area contributed by atoms with Gasteiger partial charge in [0.25, 0.3) is 0 Å². The number of ether oxygens (including phenoxy) is 1. The van der Waals surface area contributed by atoms with Crippen LogP contribution in [0.1, 0.15) is 19.3 Å². The molecule has 6 heteroatoms. The Hall–Kier alpha value is -1.30. The van der Waals surface area contributed by atoms with Crippen molar-refractivity contribution in [2.24, 2.45) is 0 Å². The number of hydrogen-bond acceptors (Lipinski definition) is 3. The summed E-state index contributed by atoms with van der Waals surface area (Å²) in [5, 5.41) is 11.0. The zero-order valence-corrected chi connectivity index (χ0v) is 9.44. The molecule has 92 valence electrons. The van der Waals surface area contributed by atoms with Gasteiger partial charge in [-0.2, -0.15) is 0 Å². The molecule has 1 rings (SSSR count). The summed E-state index contributed by atoms with van der Waals surface area (Å²) in [7, 11) is 1.59. The highest BCUT2D eigenvalue weighted by molar-refractivity contribution is 5.75. The van der Waals surface area contributed by atoms with E-state index in [0.717, 1.165) is 12.8 Å². The highest BCUT2D eigenvalue weighted by Crippen LogP contribution is 2.26. The van der Waals surface area contributed by atoms with Crippen LogP contribution in [0.3, 0.4) is 0 Å². The lowest BCUT2D eigenvalue weighted by atomic mass is 10.4. The predicted octanol–water partition coefficient (Wildman–Crippen LogP) is 0.281. The van der Waals surface area contributed by atoms with Gasteiger partial charge in [0.2, 0.25) is 0 Å². The number of urea groups is 1. The largest absolute Gasteiger partial charge is 0.481 e. The maximum absolute atomic E-state index is 11.7. The number of rotatable bonds is 7. The average Bonchev–Trinajstić information content (AvgIpc) is 3.02. The Kier molecular flexibility index (Phi) is 5.04. The van der Waals surface area contributed by atoms with Gasteiger partial charge in [-0.05, 0) is 12.8 Å². The first-order valence-corrected chi connectivity index (χ1v) is 5.40. The van der Waals surface area contributed by atoms with Crippen LogP contribution in [0.15, 0.2) is 0 Å². The Balaban J connectivity index is 2.26. The Morgan fingerprint density at radius 3 is 2.69 bits per heavy atom. The molecule has 0 spiro atoms. The minimum atomic E-state index is -0.907. The minimum Gasteiger partial charge on any atom is -0.481 e. The molecule has 0 unspecified atom stereocenters. The topological polar surface area (TPSA) is 78.9 Å². The summed E-state index contributed by atoms with van der Waals surface area (Å²) in [6, 6.07) is 0.112. The molecule has 0 aromatic rings. The van der Waals surface area contributed by atoms with E-state index in [1.165, 1.54) is 0 Å². The van der Waals surface area contributed by atoms with Crippen molar-refractivity contribution >= 4 is 12.0 Å². The van der Waals surface area contributed by atoms with Crippen molar-refractivity contribution in [1.29, 1.82) is 0 Å². The molecule has 2 N–H and O–H groups in total. The molecule has 1 aliphatic carbocycles. The van der Waals surface area contributed by atoms with E-state index in [1.807, 2.05) is 0 Å². The third kappa shape index (κ3) is 4.48. The van der Waals surface area contributed by atoms with Gasteiger partial charge in [-0.3, -0.25) is 4.79 Å². The average molecular weight is 230 g/mol. The van der Waals surface area contributed by atoms with E-state index in [2.05, 4.69) is 5.32 Å². The van der Waals surface area contributed by atoms with E-state index in [9.17, 15) is 9.59 Å². The van der Waals surface area contributed by atoms with Crippen molar-refractivity contribution in [3.8, 4) is 0 Å². The monoisotopic (exact) mass is 230 g/mol. The summed E-state index contributed by atoms with van der Waals surface area (Å²) in [6.45, 7) is 1.23. The SMILES string of the molecule is COCCN(C(=O)NCCC(=O)O)C1CC1. The van der Waals surface area contributed by atoms with Crippen LogP contribution in [-0.2, 0) is 9.53 Å². The van der Waals surface area contributed by atoms with Gasteiger partial charge in [0, 0.05) is 26.2 Å². The van der Waals surface area contributed by atoms with Crippen molar-refractivity contribution in [2.45, 2.75) is 25.3 Å². The number of carboxylic acid groups (broad SMARTS) is 1. The number of carboxylic acids is 1. The van der Waals surface area contributed by atoms with E-state index in [0.29, 0.717) is 19.2 Å². The first-order chi connectivity index (χ1) is 7.65. The molecule has 0 saturated heterocycles. The van der Waals surface area contributed by atoms with E-state index in [-0.39, 0.29) is 19.0 Å². The molecule has 16 heavy (non-hydrogen) atoms. The third-order valence-corrected chi connectivity index (χ3v) is 2.40. The number of nitrogens with one attached hydrogen (secondary N) is 1. The molecule has 2 amide bonds. The Bertz CT molecular complexity index is 253. The van der Waals surface area contributed by atoms with Gasteiger partial charge < -0.3 is 20.1 Å². The molecule has 0 bridgehead atoms. The van der Waals surface area contributed by atoms with Crippen molar-refractivity contribution in [1.82, 2.24) is 10.2 Å². The number of hydrogen-bond donors (Lipinski definition) is 2. The van der Waals surface area contributed by atoms with Gasteiger partial charge in [-0.25, -0.2) is 4.79 Å². The maximum atomic E-state index is 11.7. The summed E-state index contributed by atoms with van der Waals surface area (Å²) in [6.07, 6.45) is 2.00. The Morgan fingerprint density at radius 1 is 1.50 bits per heavy atom. The fraction of sp³-hybridized carbons (Fsp3) is 0.800. The third-order valence-electron chi connectivity index (χ3n) is 2.40. The first-order valence-electron chi connectivity index (χ1n) is 5.40. The van der Waals surface area contributed by atoms with Crippen LogP contribution in [-0.4, -0.2) is 54.9 Å². The summed E-state index contributed by atoms with van der Waals surface area (Å²) in [5.41, 5.74) is 0. The van der Waals surface area contributed by atoms with Gasteiger partial charge in [0.15, 0.2) is 0 Å². The highest BCUT2D eigenvalue weighted by atomic mass is 16.5. The molecular weight excluding hydrogens is 212 g/mol. The van der Waals surface area contributed by atoms with Crippen molar-refractivity contribution in [3.63, 3.8) is 0 Å². The van der Waals surface area contributed by atoms with Crippen LogP contribution in [0.5, 0.6) is 0 Å². The molecule has 1 fully saturated rings. The highest BCUT2D eigenvalue weighted by Gasteiger charge is 2.31. The molecule has 1 saturated carbocycles. The molecule has 0 radical (unpaired) electrons. The summed E-state index contributed by atoms with van der Waals surface area (Å²) in [4.78, 5) is 23.7. The maximum Gasteiger partial charge on any atom is 0.317 e. The minimum absolute atomic E-state index is 0.0471. The lowest BCUT2D eigenvalue weighted by Crippen LogP contribution is -2.43. The van der Waals surface area contributed by atoms with Crippen molar-refractivity contribution < 1.29 is 19.4 Å². The van der Waals surface area contributed by atoms with E-state index in [1.54, 1.807) is 12.0 Å². The second kappa shape index (κ2) is 6.32. The number of carbonyl (C=O) groups excluding carboxylic acids is 1. The van der Waals surface area contributed by atoms with Gasteiger partial charge in [0.05, 0.1) is 13.0 Å². The quantitative estimate of drug-likeness (QED) is 0.658. The molecular formula is C10H18N2O4. The van der Waals surface area contributed by atoms with E-state index in [4.69, 9.17) is 9.84 Å². The van der Waals surface area contributed by atoms with Crippen LogP contribution in [0, 0.1) is 0 Å². The van der Waals surface area contributed by atoms with Crippen LogP contribution < -0.4 is 5.32 Å². The van der Waals surface area contributed by atoms with E-state index >= 15 is 0 Å². The van der Waals surface area contributed by atoms with Crippen LogP contribution in [0.4, 0.5) is 4.79 Å². The number of carbonyl (C=O) groups is 2. The first kappa shape index (κ1) is 12.8. The second-order valence-electron chi connectivity index (χ2n) is 3.79. The molecule has 1 aliphatic rings. The molecule has 0 aliphatic heterocycles. The van der Waals surface area contributed by atoms with Gasteiger partial charge >= 0.3 is 12.0 Å².